The second-order valence-electron chi connectivity index (χ2n) is 6.46. The number of carbonyl (C=O) groups excluding carboxylic acids is 1. The summed E-state index contributed by atoms with van der Waals surface area (Å²) in [5.41, 5.74) is 0. The number of carbonyl (C=O) groups is 1. The summed E-state index contributed by atoms with van der Waals surface area (Å²) in [5, 5.41) is 2.72. The maximum absolute atomic E-state index is 12.1. The van der Waals surface area contributed by atoms with Crippen LogP contribution in [-0.2, 0) is 14.8 Å². The number of hydrogen-bond donors (Lipinski definition) is 1. The van der Waals surface area contributed by atoms with Crippen molar-refractivity contribution in [2.24, 2.45) is 0 Å². The van der Waals surface area contributed by atoms with Crippen molar-refractivity contribution in [2.75, 3.05) is 33.1 Å². The lowest BCUT2D eigenvalue weighted by molar-refractivity contribution is -0.123. The normalized spacial score (nSPS) is 15.7. The van der Waals surface area contributed by atoms with Crippen LogP contribution in [0, 0.1) is 0 Å². The average molecular weight is 384 g/mol. The Morgan fingerprint density at radius 3 is 2.46 bits per heavy atom. The lowest BCUT2D eigenvalue weighted by Crippen LogP contribution is -2.45. The van der Waals surface area contributed by atoms with E-state index in [1.54, 1.807) is 18.2 Å². The van der Waals surface area contributed by atoms with Crippen molar-refractivity contribution >= 4 is 15.9 Å². The maximum Gasteiger partial charge on any atom is 0.257 e. The fourth-order valence-electron chi connectivity index (χ4n) is 3.23. The maximum atomic E-state index is 12.1. The summed E-state index contributed by atoms with van der Waals surface area (Å²) in [6, 6.07) is 7.13. The monoisotopic (exact) mass is 384 g/mol. The van der Waals surface area contributed by atoms with Gasteiger partial charge in [0.15, 0.2) is 18.1 Å². The molecule has 0 bridgehead atoms. The highest BCUT2D eigenvalue weighted by atomic mass is 32.2. The summed E-state index contributed by atoms with van der Waals surface area (Å²) in [6.45, 7) is 0.393. The molecule has 7 nitrogen and oxygen atoms in total. The third kappa shape index (κ3) is 6.17. The van der Waals surface area contributed by atoms with Crippen molar-refractivity contribution in [2.45, 2.75) is 38.1 Å². The molecule has 146 valence electrons. The number of benzene rings is 1. The van der Waals surface area contributed by atoms with Gasteiger partial charge in [0.25, 0.3) is 5.91 Å². The second kappa shape index (κ2) is 9.78. The molecule has 1 saturated carbocycles. The predicted molar refractivity (Wildman–Crippen MR) is 99.9 cm³/mol. The number of ether oxygens (including phenoxy) is 2. The minimum atomic E-state index is -3.29. The van der Waals surface area contributed by atoms with Crippen LogP contribution in [0.3, 0.4) is 0 Å². The fraction of sp³-hybridized carbons (Fsp3) is 0.611. The molecule has 26 heavy (non-hydrogen) atoms. The molecule has 0 heterocycles. The van der Waals surface area contributed by atoms with E-state index in [4.69, 9.17) is 9.47 Å². The Bertz CT molecular complexity index is 687. The molecule has 0 aromatic heterocycles. The first kappa shape index (κ1) is 20.5. The first-order valence-electron chi connectivity index (χ1n) is 8.91. The van der Waals surface area contributed by atoms with Crippen molar-refractivity contribution in [3.05, 3.63) is 24.3 Å². The van der Waals surface area contributed by atoms with Crippen molar-refractivity contribution in [3.63, 3.8) is 0 Å². The standard InChI is InChI=1S/C18H28N2O5S/c1-24-16-10-6-7-11-17(16)25-14-18(21)19-12-13-20(26(2,22)23)15-8-4-3-5-9-15/h6-7,10-11,15H,3-5,8-9,12-14H2,1-2H3,(H,19,21). The zero-order valence-corrected chi connectivity index (χ0v) is 16.3. The van der Waals surface area contributed by atoms with E-state index in [9.17, 15) is 13.2 Å². The van der Waals surface area contributed by atoms with Crippen LogP contribution >= 0.6 is 0 Å². The van der Waals surface area contributed by atoms with Gasteiger partial charge in [-0.15, -0.1) is 0 Å². The Morgan fingerprint density at radius 2 is 1.85 bits per heavy atom. The number of amides is 1. The highest BCUT2D eigenvalue weighted by Crippen LogP contribution is 2.25. The number of nitrogens with zero attached hydrogens (tertiary/aromatic N) is 1. The van der Waals surface area contributed by atoms with Crippen LogP contribution in [0.15, 0.2) is 24.3 Å². The summed E-state index contributed by atoms with van der Waals surface area (Å²) in [6.07, 6.45) is 6.26. The van der Waals surface area contributed by atoms with E-state index in [-0.39, 0.29) is 31.6 Å². The van der Waals surface area contributed by atoms with Gasteiger partial charge in [0.1, 0.15) is 0 Å². The van der Waals surface area contributed by atoms with Crippen LogP contribution in [0.1, 0.15) is 32.1 Å². The van der Waals surface area contributed by atoms with E-state index < -0.39 is 10.0 Å². The zero-order chi connectivity index (χ0) is 19.0. The Hall–Kier alpha value is -1.80. The van der Waals surface area contributed by atoms with Crippen LogP contribution in [0.5, 0.6) is 11.5 Å². The molecule has 1 amide bonds. The van der Waals surface area contributed by atoms with Gasteiger partial charge in [-0.1, -0.05) is 31.4 Å². The van der Waals surface area contributed by atoms with Gasteiger partial charge in [-0.3, -0.25) is 4.79 Å². The quantitative estimate of drug-likeness (QED) is 0.702. The molecular weight excluding hydrogens is 356 g/mol. The molecule has 0 saturated heterocycles. The van der Waals surface area contributed by atoms with Gasteiger partial charge in [-0.2, -0.15) is 4.31 Å². The summed E-state index contributed by atoms with van der Waals surface area (Å²) in [7, 11) is -1.76. The molecule has 1 aromatic rings. The van der Waals surface area contributed by atoms with Crippen molar-refractivity contribution < 1.29 is 22.7 Å². The number of para-hydroxylation sites is 2. The summed E-state index contributed by atoms with van der Waals surface area (Å²) in [4.78, 5) is 12.0. The molecule has 0 unspecified atom stereocenters. The highest BCUT2D eigenvalue weighted by Gasteiger charge is 2.27. The van der Waals surface area contributed by atoms with Gasteiger partial charge in [0, 0.05) is 19.1 Å². The first-order chi connectivity index (χ1) is 12.4. The predicted octanol–water partition coefficient (Wildman–Crippen LogP) is 1.78. The first-order valence-corrected chi connectivity index (χ1v) is 10.8. The Labute approximate surface area is 155 Å². The van der Waals surface area contributed by atoms with Crippen LogP contribution in [0.2, 0.25) is 0 Å². The smallest absolute Gasteiger partial charge is 0.257 e. The highest BCUT2D eigenvalue weighted by molar-refractivity contribution is 7.88. The van der Waals surface area contributed by atoms with Crippen LogP contribution in [0.4, 0.5) is 0 Å². The van der Waals surface area contributed by atoms with Crippen molar-refractivity contribution in [3.8, 4) is 11.5 Å². The number of methoxy groups -OCH3 is 1. The molecule has 0 radical (unpaired) electrons. The number of nitrogens with one attached hydrogen (secondary N) is 1. The summed E-state index contributed by atoms with van der Waals surface area (Å²) in [5.74, 6) is 0.749. The van der Waals surface area contributed by atoms with Crippen LogP contribution in [0.25, 0.3) is 0 Å². The van der Waals surface area contributed by atoms with Crippen LogP contribution < -0.4 is 14.8 Å². The topological polar surface area (TPSA) is 84.9 Å². The molecule has 0 atom stereocenters. The third-order valence-corrected chi connectivity index (χ3v) is 5.82. The number of rotatable bonds is 9. The molecule has 0 aliphatic heterocycles. The molecule has 2 rings (SSSR count). The van der Waals surface area contributed by atoms with Gasteiger partial charge in [0.05, 0.1) is 13.4 Å². The molecule has 1 aliphatic carbocycles. The number of sulfonamides is 1. The molecular formula is C18H28N2O5S. The van der Waals surface area contributed by atoms with E-state index in [1.165, 1.54) is 17.7 Å². The third-order valence-electron chi connectivity index (χ3n) is 4.49. The van der Waals surface area contributed by atoms with E-state index in [2.05, 4.69) is 5.32 Å². The molecule has 1 N–H and O–H groups in total. The lowest BCUT2D eigenvalue weighted by atomic mass is 9.95. The second-order valence-corrected chi connectivity index (χ2v) is 8.39. The van der Waals surface area contributed by atoms with Gasteiger partial charge >= 0.3 is 0 Å². The molecule has 1 fully saturated rings. The number of hydrogen-bond acceptors (Lipinski definition) is 5. The SMILES string of the molecule is COc1ccccc1OCC(=O)NCCN(C1CCCCC1)S(C)(=O)=O. The van der Waals surface area contributed by atoms with Gasteiger partial charge < -0.3 is 14.8 Å². The summed E-state index contributed by atoms with van der Waals surface area (Å²) < 4.78 is 36.3. The average Bonchev–Trinajstić information content (AvgIpc) is 2.63. The van der Waals surface area contributed by atoms with Crippen molar-refractivity contribution in [1.82, 2.24) is 9.62 Å². The van der Waals surface area contributed by atoms with E-state index in [0.717, 1.165) is 32.1 Å². The van der Waals surface area contributed by atoms with Gasteiger partial charge in [-0.25, -0.2) is 8.42 Å². The Balaban J connectivity index is 1.80. The minimum absolute atomic E-state index is 0.0421. The Morgan fingerprint density at radius 1 is 1.19 bits per heavy atom. The Kier molecular flexibility index (Phi) is 7.71. The lowest BCUT2D eigenvalue weighted by Gasteiger charge is -2.32. The van der Waals surface area contributed by atoms with Gasteiger partial charge in [0.2, 0.25) is 10.0 Å². The van der Waals surface area contributed by atoms with Crippen molar-refractivity contribution in [1.29, 1.82) is 0 Å². The van der Waals surface area contributed by atoms with Crippen LogP contribution in [-0.4, -0.2) is 57.7 Å². The minimum Gasteiger partial charge on any atom is -0.493 e. The molecule has 0 spiro atoms. The zero-order valence-electron chi connectivity index (χ0n) is 15.4. The van der Waals surface area contributed by atoms with Gasteiger partial charge in [-0.05, 0) is 25.0 Å². The molecule has 1 aliphatic rings. The molecule has 8 heteroatoms. The van der Waals surface area contributed by atoms with E-state index in [1.807, 2.05) is 6.07 Å². The summed E-state index contributed by atoms with van der Waals surface area (Å²) >= 11 is 0. The van der Waals surface area contributed by atoms with E-state index in [0.29, 0.717) is 11.5 Å². The van der Waals surface area contributed by atoms with E-state index >= 15 is 0 Å². The molecule has 1 aromatic carbocycles. The largest absolute Gasteiger partial charge is 0.493 e. The fourth-order valence-corrected chi connectivity index (χ4v) is 4.40.